The van der Waals surface area contributed by atoms with E-state index in [4.69, 9.17) is 0 Å². The Morgan fingerprint density at radius 1 is 1.16 bits per heavy atom. The third-order valence-electron chi connectivity index (χ3n) is 5.14. The Morgan fingerprint density at radius 3 is 2.48 bits per heavy atom. The minimum absolute atomic E-state index is 0.219. The third kappa shape index (κ3) is 3.96. The molecule has 1 aromatic carbocycles. The molecule has 1 amide bonds. The number of aromatic nitrogens is 3. The van der Waals surface area contributed by atoms with Crippen LogP contribution in [0.3, 0.4) is 0 Å². The number of carbonyl (C=O) groups is 2. The molecular formula is C20H21N5O5S. The second kappa shape index (κ2) is 8.34. The van der Waals surface area contributed by atoms with E-state index in [2.05, 4.69) is 19.9 Å². The quantitative estimate of drug-likeness (QED) is 0.589. The summed E-state index contributed by atoms with van der Waals surface area (Å²) in [6, 6.07) is 6.19. The molecule has 162 valence electrons. The fourth-order valence-corrected chi connectivity index (χ4v) is 4.57. The fourth-order valence-electron chi connectivity index (χ4n) is 3.47. The lowest BCUT2D eigenvalue weighted by atomic mass is 10.2. The van der Waals surface area contributed by atoms with Crippen LogP contribution in [0.1, 0.15) is 23.2 Å². The summed E-state index contributed by atoms with van der Waals surface area (Å²) in [5, 5.41) is 3.37. The average Bonchev–Trinajstić information content (AvgIpc) is 3.45. The number of esters is 1. The van der Waals surface area contributed by atoms with Crippen molar-refractivity contribution < 1.29 is 14.3 Å². The molecule has 3 aromatic rings. The summed E-state index contributed by atoms with van der Waals surface area (Å²) in [4.78, 5) is 56.1. The van der Waals surface area contributed by atoms with Crippen LogP contribution in [-0.4, -0.2) is 46.2 Å². The van der Waals surface area contributed by atoms with Crippen molar-refractivity contribution in [2.45, 2.75) is 19.4 Å². The number of hydrogen-bond donors (Lipinski definition) is 1. The first-order chi connectivity index (χ1) is 14.9. The van der Waals surface area contributed by atoms with Crippen molar-refractivity contribution in [1.29, 1.82) is 0 Å². The number of rotatable bonds is 5. The van der Waals surface area contributed by atoms with Crippen molar-refractivity contribution in [3.63, 3.8) is 0 Å². The second-order valence-corrected chi connectivity index (χ2v) is 8.17. The number of fused-ring (bicyclic) bond motifs is 1. The van der Waals surface area contributed by atoms with Crippen molar-refractivity contribution in [3.05, 3.63) is 50.7 Å². The second-order valence-electron chi connectivity index (χ2n) is 7.19. The highest BCUT2D eigenvalue weighted by atomic mass is 32.1. The van der Waals surface area contributed by atoms with Gasteiger partial charge in [-0.15, -0.1) is 0 Å². The largest absolute Gasteiger partial charge is 0.465 e. The molecule has 0 spiro atoms. The van der Waals surface area contributed by atoms with E-state index < -0.39 is 23.1 Å². The van der Waals surface area contributed by atoms with Gasteiger partial charge in [0.2, 0.25) is 5.91 Å². The van der Waals surface area contributed by atoms with Gasteiger partial charge in [0, 0.05) is 25.8 Å². The first-order valence-electron chi connectivity index (χ1n) is 9.72. The van der Waals surface area contributed by atoms with Crippen molar-refractivity contribution >= 4 is 44.4 Å². The van der Waals surface area contributed by atoms with Gasteiger partial charge >= 0.3 is 11.7 Å². The Hall–Kier alpha value is -3.47. The van der Waals surface area contributed by atoms with Gasteiger partial charge in [0.05, 0.1) is 12.7 Å². The minimum atomic E-state index is -0.605. The zero-order valence-corrected chi connectivity index (χ0v) is 17.9. The van der Waals surface area contributed by atoms with E-state index in [0.29, 0.717) is 21.1 Å². The van der Waals surface area contributed by atoms with Crippen molar-refractivity contribution in [2.75, 3.05) is 30.4 Å². The van der Waals surface area contributed by atoms with Gasteiger partial charge in [-0.3, -0.25) is 18.7 Å². The van der Waals surface area contributed by atoms with Crippen LogP contribution in [0, 0.1) is 0 Å². The number of methoxy groups -OCH3 is 1. The zero-order valence-electron chi connectivity index (χ0n) is 17.1. The van der Waals surface area contributed by atoms with Crippen molar-refractivity contribution in [1.82, 2.24) is 14.1 Å². The number of carbonyl (C=O) groups excluding carboxylic acids is 2. The van der Waals surface area contributed by atoms with Crippen LogP contribution in [0.2, 0.25) is 0 Å². The highest BCUT2D eigenvalue weighted by Gasteiger charge is 2.22. The SMILES string of the molecule is COC(=O)c1ccc(NC(=O)Cn2c(=O)n(C)c(=O)c3sc(N4CCCC4)nc32)cc1. The summed E-state index contributed by atoms with van der Waals surface area (Å²) < 4.78 is 7.20. The van der Waals surface area contributed by atoms with Gasteiger partial charge in [0.1, 0.15) is 11.2 Å². The lowest BCUT2D eigenvalue weighted by molar-refractivity contribution is -0.116. The molecule has 1 saturated heterocycles. The van der Waals surface area contributed by atoms with Gasteiger partial charge < -0.3 is 15.0 Å². The van der Waals surface area contributed by atoms with Crippen LogP contribution in [0.4, 0.5) is 10.8 Å². The highest BCUT2D eigenvalue weighted by molar-refractivity contribution is 7.22. The molecule has 0 saturated carbocycles. The normalized spacial score (nSPS) is 13.5. The number of amides is 1. The maximum absolute atomic E-state index is 12.7. The summed E-state index contributed by atoms with van der Waals surface area (Å²) in [7, 11) is 2.68. The molecule has 0 aliphatic carbocycles. The number of anilines is 2. The Kier molecular flexibility index (Phi) is 5.59. The van der Waals surface area contributed by atoms with E-state index in [0.717, 1.165) is 30.5 Å². The maximum atomic E-state index is 12.7. The van der Waals surface area contributed by atoms with E-state index in [-0.39, 0.29) is 12.2 Å². The topological polar surface area (TPSA) is 116 Å². The molecule has 0 unspecified atom stereocenters. The highest BCUT2D eigenvalue weighted by Crippen LogP contribution is 2.28. The summed E-state index contributed by atoms with van der Waals surface area (Å²) in [6.45, 7) is 1.41. The van der Waals surface area contributed by atoms with Crippen LogP contribution in [-0.2, 0) is 23.1 Å². The van der Waals surface area contributed by atoms with Crippen LogP contribution >= 0.6 is 11.3 Å². The molecule has 1 aliphatic rings. The predicted octanol–water partition coefficient (Wildman–Crippen LogP) is 1.18. The molecule has 4 rings (SSSR count). The number of nitrogens with zero attached hydrogens (tertiary/aromatic N) is 4. The lowest BCUT2D eigenvalue weighted by Gasteiger charge is -2.12. The summed E-state index contributed by atoms with van der Waals surface area (Å²) in [5.41, 5.74) is 0.0114. The lowest BCUT2D eigenvalue weighted by Crippen LogP contribution is -2.39. The molecule has 11 heteroatoms. The Balaban J connectivity index is 1.62. The van der Waals surface area contributed by atoms with E-state index in [1.807, 2.05) is 0 Å². The first kappa shape index (κ1) is 20.8. The predicted molar refractivity (Wildman–Crippen MR) is 117 cm³/mol. The van der Waals surface area contributed by atoms with Gasteiger partial charge in [-0.05, 0) is 37.1 Å². The molecule has 2 aromatic heterocycles. The maximum Gasteiger partial charge on any atom is 0.337 e. The van der Waals surface area contributed by atoms with Gasteiger partial charge in [-0.25, -0.2) is 14.6 Å². The number of hydrogen-bond acceptors (Lipinski definition) is 8. The van der Waals surface area contributed by atoms with Crippen LogP contribution in [0.5, 0.6) is 0 Å². The Labute approximate surface area is 180 Å². The molecule has 1 fully saturated rings. The van der Waals surface area contributed by atoms with Gasteiger partial charge in [-0.1, -0.05) is 11.3 Å². The van der Waals surface area contributed by atoms with Crippen LogP contribution in [0.15, 0.2) is 33.9 Å². The Morgan fingerprint density at radius 2 is 1.84 bits per heavy atom. The van der Waals surface area contributed by atoms with E-state index in [1.165, 1.54) is 42.2 Å². The standard InChI is InChI=1S/C20H21N5O5S/c1-23-17(27)15-16(22-19(31-15)24-9-3-4-10-24)25(20(23)29)11-14(26)21-13-7-5-12(6-8-13)18(28)30-2/h5-8H,3-4,9-11H2,1-2H3,(H,21,26). The van der Waals surface area contributed by atoms with Gasteiger partial charge in [0.15, 0.2) is 10.8 Å². The van der Waals surface area contributed by atoms with E-state index >= 15 is 0 Å². The first-order valence-corrected chi connectivity index (χ1v) is 10.5. The smallest absolute Gasteiger partial charge is 0.337 e. The van der Waals surface area contributed by atoms with E-state index in [1.54, 1.807) is 12.1 Å². The van der Waals surface area contributed by atoms with Crippen LogP contribution < -0.4 is 21.5 Å². The summed E-state index contributed by atoms with van der Waals surface area (Å²) >= 11 is 1.24. The summed E-state index contributed by atoms with van der Waals surface area (Å²) in [5.74, 6) is -0.932. The van der Waals surface area contributed by atoms with Crippen molar-refractivity contribution in [3.8, 4) is 0 Å². The van der Waals surface area contributed by atoms with Gasteiger partial charge in [-0.2, -0.15) is 0 Å². The molecule has 10 nitrogen and oxygen atoms in total. The number of nitrogens with one attached hydrogen (secondary N) is 1. The molecule has 0 atom stereocenters. The average molecular weight is 443 g/mol. The van der Waals surface area contributed by atoms with Crippen LogP contribution in [0.25, 0.3) is 10.3 Å². The van der Waals surface area contributed by atoms with Crippen molar-refractivity contribution in [2.24, 2.45) is 7.05 Å². The number of ether oxygens (including phenoxy) is 1. The molecular weight excluding hydrogens is 422 g/mol. The molecule has 3 heterocycles. The molecule has 31 heavy (non-hydrogen) atoms. The van der Waals surface area contributed by atoms with E-state index in [9.17, 15) is 19.2 Å². The monoisotopic (exact) mass is 443 g/mol. The molecule has 1 N–H and O–H groups in total. The number of benzene rings is 1. The molecule has 1 aliphatic heterocycles. The van der Waals surface area contributed by atoms with Gasteiger partial charge in [0.25, 0.3) is 5.56 Å². The zero-order chi connectivity index (χ0) is 22.1. The fraction of sp³-hybridized carbons (Fsp3) is 0.350. The minimum Gasteiger partial charge on any atom is -0.465 e. The third-order valence-corrected chi connectivity index (χ3v) is 6.23. The summed E-state index contributed by atoms with van der Waals surface area (Å²) in [6.07, 6.45) is 2.11. The molecule has 0 bridgehead atoms. The Bertz CT molecular complexity index is 1270. The molecule has 0 radical (unpaired) electrons. The number of thiazole rings is 1.